The van der Waals surface area contributed by atoms with E-state index in [1.807, 2.05) is 11.8 Å². The number of pyridine rings is 1. The van der Waals surface area contributed by atoms with Gasteiger partial charge >= 0.3 is 0 Å². The maximum Gasteiger partial charge on any atom is 0.283 e. The fourth-order valence-corrected chi connectivity index (χ4v) is 3.52. The molecule has 3 heterocycles. The molecule has 0 spiro atoms. The largest absolute Gasteiger partial charge is 0.366 e. The van der Waals surface area contributed by atoms with Crippen LogP contribution in [0.5, 0.6) is 0 Å². The summed E-state index contributed by atoms with van der Waals surface area (Å²) in [6.07, 6.45) is 1.60. The molecule has 28 heavy (non-hydrogen) atoms. The van der Waals surface area contributed by atoms with Gasteiger partial charge in [0.15, 0.2) is 11.3 Å². The van der Waals surface area contributed by atoms with Crippen molar-refractivity contribution >= 4 is 22.8 Å². The SMILES string of the molecule is CCn1c(=O)c(C(=O)N2CCN(c3ccccc3F)CC2)nc2cccnc21. The van der Waals surface area contributed by atoms with Gasteiger partial charge in [0.2, 0.25) is 0 Å². The first kappa shape index (κ1) is 18.1. The fraction of sp³-hybridized carbons (Fsp3) is 0.300. The van der Waals surface area contributed by atoms with Gasteiger partial charge < -0.3 is 9.80 Å². The van der Waals surface area contributed by atoms with Gasteiger partial charge in [-0.15, -0.1) is 0 Å². The van der Waals surface area contributed by atoms with Crippen molar-refractivity contribution < 1.29 is 9.18 Å². The number of rotatable bonds is 3. The number of carbonyl (C=O) groups is 1. The molecule has 0 aliphatic carbocycles. The molecule has 0 atom stereocenters. The van der Waals surface area contributed by atoms with Crippen LogP contribution in [0.1, 0.15) is 17.4 Å². The van der Waals surface area contributed by atoms with Gasteiger partial charge in [-0.05, 0) is 31.2 Å². The molecule has 1 aliphatic heterocycles. The normalized spacial score (nSPS) is 14.5. The van der Waals surface area contributed by atoms with Crippen LogP contribution in [0.3, 0.4) is 0 Å². The van der Waals surface area contributed by atoms with Crippen LogP contribution in [-0.2, 0) is 6.54 Å². The molecule has 1 aromatic carbocycles. The summed E-state index contributed by atoms with van der Waals surface area (Å²) >= 11 is 0. The molecule has 2 aromatic heterocycles. The first-order valence-electron chi connectivity index (χ1n) is 9.24. The molecule has 1 aliphatic rings. The zero-order valence-corrected chi connectivity index (χ0v) is 15.5. The minimum Gasteiger partial charge on any atom is -0.366 e. The lowest BCUT2D eigenvalue weighted by Gasteiger charge is -2.36. The van der Waals surface area contributed by atoms with Crippen molar-refractivity contribution in [3.8, 4) is 0 Å². The van der Waals surface area contributed by atoms with Crippen molar-refractivity contribution in [1.82, 2.24) is 19.4 Å². The Morgan fingerprint density at radius 1 is 1.11 bits per heavy atom. The highest BCUT2D eigenvalue weighted by molar-refractivity contribution is 5.93. The van der Waals surface area contributed by atoms with E-state index in [-0.39, 0.29) is 11.5 Å². The van der Waals surface area contributed by atoms with E-state index in [0.717, 1.165) is 0 Å². The van der Waals surface area contributed by atoms with Crippen LogP contribution in [0.2, 0.25) is 0 Å². The number of anilines is 1. The lowest BCUT2D eigenvalue weighted by Crippen LogP contribution is -2.50. The van der Waals surface area contributed by atoms with Crippen LogP contribution in [0.25, 0.3) is 11.2 Å². The predicted molar refractivity (Wildman–Crippen MR) is 104 cm³/mol. The van der Waals surface area contributed by atoms with E-state index in [4.69, 9.17) is 0 Å². The zero-order valence-electron chi connectivity index (χ0n) is 15.5. The molecule has 0 unspecified atom stereocenters. The highest BCUT2D eigenvalue weighted by Gasteiger charge is 2.27. The van der Waals surface area contributed by atoms with E-state index in [9.17, 15) is 14.0 Å². The maximum atomic E-state index is 14.0. The second-order valence-corrected chi connectivity index (χ2v) is 6.59. The number of nitrogens with zero attached hydrogens (tertiary/aromatic N) is 5. The smallest absolute Gasteiger partial charge is 0.283 e. The molecule has 7 nitrogen and oxygen atoms in total. The van der Waals surface area contributed by atoms with Crippen LogP contribution in [0.4, 0.5) is 10.1 Å². The average Bonchev–Trinajstić information content (AvgIpc) is 2.73. The number of aryl methyl sites for hydroxylation is 1. The van der Waals surface area contributed by atoms with Crippen molar-refractivity contribution in [3.63, 3.8) is 0 Å². The van der Waals surface area contributed by atoms with E-state index in [2.05, 4.69) is 9.97 Å². The molecular weight excluding hydrogens is 361 g/mol. The Kier molecular flexibility index (Phi) is 4.77. The van der Waals surface area contributed by atoms with Crippen molar-refractivity contribution in [2.75, 3.05) is 31.1 Å². The minimum absolute atomic E-state index is 0.0957. The summed E-state index contributed by atoms with van der Waals surface area (Å²) in [6, 6.07) is 10.0. The average molecular weight is 381 g/mol. The number of hydrogen-bond acceptors (Lipinski definition) is 5. The van der Waals surface area contributed by atoms with Crippen molar-refractivity contribution in [2.45, 2.75) is 13.5 Å². The lowest BCUT2D eigenvalue weighted by atomic mass is 10.2. The van der Waals surface area contributed by atoms with E-state index >= 15 is 0 Å². The van der Waals surface area contributed by atoms with E-state index in [1.54, 1.807) is 41.4 Å². The molecule has 4 rings (SSSR count). The topological polar surface area (TPSA) is 71.3 Å². The quantitative estimate of drug-likeness (QED) is 0.693. The van der Waals surface area contributed by atoms with Crippen molar-refractivity contribution in [3.05, 3.63) is 64.5 Å². The molecule has 0 bridgehead atoms. The van der Waals surface area contributed by atoms with Crippen molar-refractivity contribution in [2.24, 2.45) is 0 Å². The van der Waals surface area contributed by atoms with Gasteiger partial charge in [-0.2, -0.15) is 0 Å². The number of benzene rings is 1. The molecule has 1 fully saturated rings. The van der Waals surface area contributed by atoms with Crippen LogP contribution in [-0.4, -0.2) is 51.5 Å². The second-order valence-electron chi connectivity index (χ2n) is 6.59. The van der Waals surface area contributed by atoms with Crippen LogP contribution in [0.15, 0.2) is 47.4 Å². The highest BCUT2D eigenvalue weighted by Crippen LogP contribution is 2.20. The van der Waals surface area contributed by atoms with Gasteiger partial charge in [0.05, 0.1) is 5.69 Å². The van der Waals surface area contributed by atoms with Gasteiger partial charge in [0, 0.05) is 38.9 Å². The number of piperazine rings is 1. The second kappa shape index (κ2) is 7.38. The number of carbonyl (C=O) groups excluding carboxylic acids is 1. The zero-order chi connectivity index (χ0) is 19.7. The Labute approximate surface area is 161 Å². The van der Waals surface area contributed by atoms with Gasteiger partial charge in [-0.3, -0.25) is 14.2 Å². The van der Waals surface area contributed by atoms with Crippen molar-refractivity contribution in [1.29, 1.82) is 0 Å². The standard InChI is InChI=1S/C20H20FN5O2/c1-2-26-18-15(7-5-9-22-18)23-17(20(26)28)19(27)25-12-10-24(11-13-25)16-8-4-3-6-14(16)21/h3-9H,2,10-13H2,1H3. The lowest BCUT2D eigenvalue weighted by molar-refractivity contribution is 0.0738. The third kappa shape index (κ3) is 3.11. The Morgan fingerprint density at radius 2 is 1.86 bits per heavy atom. The summed E-state index contributed by atoms with van der Waals surface area (Å²) in [6.45, 7) is 4.00. The van der Waals surface area contributed by atoms with Gasteiger partial charge in [0.1, 0.15) is 11.3 Å². The van der Waals surface area contributed by atoms with Gasteiger partial charge in [-0.25, -0.2) is 14.4 Å². The summed E-state index contributed by atoms with van der Waals surface area (Å²) in [5, 5.41) is 0. The van der Waals surface area contributed by atoms with Gasteiger partial charge in [0.25, 0.3) is 11.5 Å². The van der Waals surface area contributed by atoms with Gasteiger partial charge in [-0.1, -0.05) is 12.1 Å². The minimum atomic E-state index is -0.435. The predicted octanol–water partition coefficient (Wildman–Crippen LogP) is 1.91. The first-order valence-corrected chi connectivity index (χ1v) is 9.24. The van der Waals surface area contributed by atoms with Crippen LogP contribution in [0, 0.1) is 5.82 Å². The first-order chi connectivity index (χ1) is 13.6. The summed E-state index contributed by atoms with van der Waals surface area (Å²) in [7, 11) is 0. The summed E-state index contributed by atoms with van der Waals surface area (Å²) in [4.78, 5) is 37.8. The van der Waals surface area contributed by atoms with E-state index < -0.39 is 11.5 Å². The number of aromatic nitrogens is 3. The summed E-state index contributed by atoms with van der Waals surface area (Å²) in [5.74, 6) is -0.678. The Morgan fingerprint density at radius 3 is 2.57 bits per heavy atom. The third-order valence-electron chi connectivity index (χ3n) is 4.98. The molecule has 1 saturated heterocycles. The van der Waals surface area contributed by atoms with Crippen LogP contribution >= 0.6 is 0 Å². The van der Waals surface area contributed by atoms with E-state index in [0.29, 0.717) is 49.6 Å². The molecule has 8 heteroatoms. The number of halogens is 1. The Bertz CT molecular complexity index is 1090. The molecule has 0 radical (unpaired) electrons. The summed E-state index contributed by atoms with van der Waals surface area (Å²) in [5.41, 5.74) is 0.975. The number of para-hydroxylation sites is 1. The third-order valence-corrected chi connectivity index (χ3v) is 4.98. The molecule has 3 aromatic rings. The highest BCUT2D eigenvalue weighted by atomic mass is 19.1. The molecule has 1 amide bonds. The number of amides is 1. The number of fused-ring (bicyclic) bond motifs is 1. The Balaban J connectivity index is 1.59. The Hall–Kier alpha value is -3.29. The van der Waals surface area contributed by atoms with E-state index in [1.165, 1.54) is 10.6 Å². The van der Waals surface area contributed by atoms with Crippen LogP contribution < -0.4 is 10.5 Å². The maximum absolute atomic E-state index is 14.0. The number of hydrogen-bond donors (Lipinski definition) is 0. The monoisotopic (exact) mass is 381 g/mol. The molecular formula is C20H20FN5O2. The molecule has 0 saturated carbocycles. The fourth-order valence-electron chi connectivity index (χ4n) is 3.52. The summed E-state index contributed by atoms with van der Waals surface area (Å²) < 4.78 is 15.5. The molecule has 144 valence electrons. The molecule has 0 N–H and O–H groups in total.